The lowest BCUT2D eigenvalue weighted by atomic mass is 9.96. The van der Waals surface area contributed by atoms with Crippen LogP contribution in [0, 0.1) is 11.7 Å². The van der Waals surface area contributed by atoms with Crippen molar-refractivity contribution in [2.75, 3.05) is 24.6 Å². The first-order valence-corrected chi connectivity index (χ1v) is 6.45. The van der Waals surface area contributed by atoms with Crippen LogP contribution in [0.1, 0.15) is 31.4 Å². The van der Waals surface area contributed by atoms with E-state index >= 15 is 0 Å². The molecule has 100 valence electrons. The third kappa shape index (κ3) is 2.65. The summed E-state index contributed by atoms with van der Waals surface area (Å²) in [5, 5.41) is 18.8. The summed E-state index contributed by atoms with van der Waals surface area (Å²) >= 11 is 0. The molecular formula is C14H20FNO2. The highest BCUT2D eigenvalue weighted by Crippen LogP contribution is 2.31. The highest BCUT2D eigenvalue weighted by atomic mass is 19.1. The van der Waals surface area contributed by atoms with Crippen LogP contribution in [0.3, 0.4) is 0 Å². The maximum absolute atomic E-state index is 13.8. The second-order valence-electron chi connectivity index (χ2n) is 4.96. The van der Waals surface area contributed by atoms with Crippen molar-refractivity contribution in [2.24, 2.45) is 5.92 Å². The van der Waals surface area contributed by atoms with E-state index in [1.165, 1.54) is 6.07 Å². The minimum Gasteiger partial charge on any atom is -0.396 e. The summed E-state index contributed by atoms with van der Waals surface area (Å²) in [4.78, 5) is 2.09. The Morgan fingerprint density at radius 2 is 2.06 bits per heavy atom. The van der Waals surface area contributed by atoms with E-state index in [1.807, 2.05) is 6.07 Å². The summed E-state index contributed by atoms with van der Waals surface area (Å²) < 4.78 is 13.8. The van der Waals surface area contributed by atoms with E-state index in [9.17, 15) is 9.50 Å². The van der Waals surface area contributed by atoms with Crippen molar-refractivity contribution in [3.05, 3.63) is 29.6 Å². The molecule has 18 heavy (non-hydrogen) atoms. The minimum atomic E-state index is -0.809. The fraction of sp³-hybridized carbons (Fsp3) is 0.571. The van der Waals surface area contributed by atoms with Gasteiger partial charge in [0.05, 0.1) is 6.10 Å². The predicted octanol–water partition coefficient (Wildman–Crippen LogP) is 2.09. The van der Waals surface area contributed by atoms with Crippen LogP contribution in [0.15, 0.2) is 18.2 Å². The average Bonchev–Trinajstić information content (AvgIpc) is 2.38. The number of halogens is 1. The van der Waals surface area contributed by atoms with Gasteiger partial charge in [-0.2, -0.15) is 0 Å². The summed E-state index contributed by atoms with van der Waals surface area (Å²) in [5.41, 5.74) is 1.15. The number of anilines is 1. The molecule has 1 aromatic carbocycles. The van der Waals surface area contributed by atoms with Gasteiger partial charge >= 0.3 is 0 Å². The molecule has 0 unspecified atom stereocenters. The first-order valence-electron chi connectivity index (χ1n) is 6.45. The molecule has 0 spiro atoms. The maximum atomic E-state index is 13.8. The van der Waals surface area contributed by atoms with Crippen molar-refractivity contribution in [2.45, 2.75) is 25.9 Å². The third-order valence-electron chi connectivity index (χ3n) is 3.66. The van der Waals surface area contributed by atoms with E-state index in [-0.39, 0.29) is 12.4 Å². The molecule has 1 atom stereocenters. The summed E-state index contributed by atoms with van der Waals surface area (Å²) in [6.07, 6.45) is 1.01. The first-order chi connectivity index (χ1) is 8.63. The standard InChI is InChI=1S/C14H20FNO2/c1-10(18)14-12(15)3-2-4-13(14)16-7-5-11(9-17)6-8-16/h2-4,10-11,17-18H,5-9H2,1H3/t10-/m1/s1. The molecule has 0 aromatic heterocycles. The molecule has 0 bridgehead atoms. The zero-order valence-electron chi connectivity index (χ0n) is 10.6. The number of aliphatic hydroxyl groups is 2. The molecule has 1 aromatic rings. The summed E-state index contributed by atoms with van der Waals surface area (Å²) in [5.74, 6) is -0.00316. The van der Waals surface area contributed by atoms with Crippen LogP contribution < -0.4 is 4.90 Å². The molecule has 0 saturated carbocycles. The number of benzene rings is 1. The first kappa shape index (κ1) is 13.3. The van der Waals surface area contributed by atoms with Crippen LogP contribution in [-0.2, 0) is 0 Å². The molecule has 3 nitrogen and oxygen atoms in total. The van der Waals surface area contributed by atoms with Gasteiger partial charge < -0.3 is 15.1 Å². The predicted molar refractivity (Wildman–Crippen MR) is 69.1 cm³/mol. The average molecular weight is 253 g/mol. The molecule has 2 N–H and O–H groups in total. The van der Waals surface area contributed by atoms with Crippen LogP contribution in [-0.4, -0.2) is 29.9 Å². The molecule has 1 aliphatic heterocycles. The van der Waals surface area contributed by atoms with Gasteiger partial charge in [-0.15, -0.1) is 0 Å². The van der Waals surface area contributed by atoms with Crippen LogP contribution in [0.25, 0.3) is 0 Å². The van der Waals surface area contributed by atoms with Gasteiger partial charge in [0.15, 0.2) is 0 Å². The van der Waals surface area contributed by atoms with E-state index in [2.05, 4.69) is 4.90 Å². The van der Waals surface area contributed by atoms with Gasteiger partial charge in [0.1, 0.15) is 5.82 Å². The number of hydrogen-bond acceptors (Lipinski definition) is 3. The molecule has 1 aliphatic rings. The summed E-state index contributed by atoms with van der Waals surface area (Å²) in [6, 6.07) is 4.91. The summed E-state index contributed by atoms with van der Waals surface area (Å²) in [6.45, 7) is 3.41. The lowest BCUT2D eigenvalue weighted by Gasteiger charge is -2.34. The lowest BCUT2D eigenvalue weighted by Crippen LogP contribution is -2.35. The Bertz CT molecular complexity index is 401. The molecule has 0 radical (unpaired) electrons. The Hall–Kier alpha value is -1.13. The van der Waals surface area contributed by atoms with Gasteiger partial charge in [0, 0.05) is 30.9 Å². The topological polar surface area (TPSA) is 43.7 Å². The minimum absolute atomic E-state index is 0.222. The second-order valence-corrected chi connectivity index (χ2v) is 4.96. The van der Waals surface area contributed by atoms with Crippen molar-refractivity contribution < 1.29 is 14.6 Å². The Labute approximate surface area is 107 Å². The van der Waals surface area contributed by atoms with Crippen molar-refractivity contribution >= 4 is 5.69 Å². The number of nitrogens with zero attached hydrogens (tertiary/aromatic N) is 1. The number of aliphatic hydroxyl groups excluding tert-OH is 2. The van der Waals surface area contributed by atoms with Crippen LogP contribution >= 0.6 is 0 Å². The Balaban J connectivity index is 2.21. The van der Waals surface area contributed by atoms with Crippen molar-refractivity contribution in [3.63, 3.8) is 0 Å². The van der Waals surface area contributed by atoms with Gasteiger partial charge in [-0.25, -0.2) is 4.39 Å². The Morgan fingerprint density at radius 1 is 1.39 bits per heavy atom. The molecule has 0 aliphatic carbocycles. The Kier molecular flexibility index (Phi) is 4.19. The van der Waals surface area contributed by atoms with Crippen molar-refractivity contribution in [3.8, 4) is 0 Å². The highest BCUT2D eigenvalue weighted by molar-refractivity contribution is 5.55. The van der Waals surface area contributed by atoms with Gasteiger partial charge in [-0.3, -0.25) is 0 Å². The summed E-state index contributed by atoms with van der Waals surface area (Å²) in [7, 11) is 0. The smallest absolute Gasteiger partial charge is 0.131 e. The number of rotatable bonds is 3. The lowest BCUT2D eigenvalue weighted by molar-refractivity contribution is 0.192. The van der Waals surface area contributed by atoms with Gasteiger partial charge in [0.25, 0.3) is 0 Å². The number of piperidine rings is 1. The maximum Gasteiger partial charge on any atom is 0.131 e. The van der Waals surface area contributed by atoms with Crippen LogP contribution in [0.4, 0.5) is 10.1 Å². The van der Waals surface area contributed by atoms with Crippen LogP contribution in [0.5, 0.6) is 0 Å². The molecule has 1 fully saturated rings. The largest absolute Gasteiger partial charge is 0.396 e. The normalized spacial score (nSPS) is 19.0. The Morgan fingerprint density at radius 3 is 2.61 bits per heavy atom. The fourth-order valence-electron chi connectivity index (χ4n) is 2.57. The molecule has 1 heterocycles. The van der Waals surface area contributed by atoms with E-state index in [1.54, 1.807) is 13.0 Å². The molecule has 2 rings (SSSR count). The SMILES string of the molecule is C[C@@H](O)c1c(F)cccc1N1CCC(CO)CC1. The van der Waals surface area contributed by atoms with E-state index in [0.29, 0.717) is 11.5 Å². The van der Waals surface area contributed by atoms with Gasteiger partial charge in [0.2, 0.25) is 0 Å². The zero-order valence-corrected chi connectivity index (χ0v) is 10.6. The van der Waals surface area contributed by atoms with Crippen molar-refractivity contribution in [1.29, 1.82) is 0 Å². The van der Waals surface area contributed by atoms with Crippen LogP contribution in [0.2, 0.25) is 0 Å². The van der Waals surface area contributed by atoms with Gasteiger partial charge in [-0.05, 0) is 37.8 Å². The van der Waals surface area contributed by atoms with E-state index < -0.39 is 6.10 Å². The molecular weight excluding hydrogens is 233 g/mol. The van der Waals surface area contributed by atoms with Gasteiger partial charge in [-0.1, -0.05) is 6.07 Å². The monoisotopic (exact) mass is 253 g/mol. The zero-order chi connectivity index (χ0) is 13.1. The van der Waals surface area contributed by atoms with E-state index in [4.69, 9.17) is 5.11 Å². The molecule has 0 amide bonds. The quantitative estimate of drug-likeness (QED) is 0.867. The fourth-order valence-corrected chi connectivity index (χ4v) is 2.57. The third-order valence-corrected chi connectivity index (χ3v) is 3.66. The second kappa shape index (κ2) is 5.67. The molecule has 4 heteroatoms. The van der Waals surface area contributed by atoms with Crippen molar-refractivity contribution in [1.82, 2.24) is 0 Å². The highest BCUT2D eigenvalue weighted by Gasteiger charge is 2.23. The number of hydrogen-bond donors (Lipinski definition) is 2. The molecule has 1 saturated heterocycles. The van der Waals surface area contributed by atoms with E-state index in [0.717, 1.165) is 31.6 Å².